The van der Waals surface area contributed by atoms with Crippen LogP contribution in [0.3, 0.4) is 0 Å². The van der Waals surface area contributed by atoms with Crippen molar-refractivity contribution in [3.63, 3.8) is 0 Å². The van der Waals surface area contributed by atoms with Crippen molar-refractivity contribution in [2.24, 2.45) is 0 Å². The summed E-state index contributed by atoms with van der Waals surface area (Å²) in [5.41, 5.74) is 2.83. The molecule has 20 heavy (non-hydrogen) atoms. The summed E-state index contributed by atoms with van der Waals surface area (Å²) in [5, 5.41) is 10.4. The normalized spacial score (nSPS) is 10.3. The zero-order chi connectivity index (χ0) is 14.5. The minimum Gasteiger partial charge on any atom is -0.370 e. The van der Waals surface area contributed by atoms with Crippen LogP contribution in [-0.4, -0.2) is 17.4 Å². The molecule has 6 heteroatoms. The minimum absolute atomic E-state index is 0.154. The molecule has 0 aliphatic rings. The quantitative estimate of drug-likeness (QED) is 0.832. The van der Waals surface area contributed by atoms with Gasteiger partial charge in [-0.2, -0.15) is 11.3 Å². The Hall–Kier alpha value is -1.59. The molecule has 0 aliphatic carbocycles. The molecule has 0 atom stereocenters. The molecule has 0 spiro atoms. The van der Waals surface area contributed by atoms with E-state index in [0.29, 0.717) is 23.1 Å². The standard InChI is InChI=1S/C14H16ClN3OS/c1-3-16-13-5-10(4-12(15)18-13)14(19)17-6-11-8-20-7-9(11)2/h4-5,7-8H,3,6H2,1-2H3,(H,16,18)(H,17,19). The zero-order valence-corrected chi connectivity index (χ0v) is 12.9. The predicted octanol–water partition coefficient (Wildman–Crippen LogP) is 3.47. The monoisotopic (exact) mass is 309 g/mol. The topological polar surface area (TPSA) is 54.0 Å². The van der Waals surface area contributed by atoms with Gasteiger partial charge in [0.2, 0.25) is 0 Å². The highest BCUT2D eigenvalue weighted by Gasteiger charge is 2.09. The first kappa shape index (κ1) is 14.8. The van der Waals surface area contributed by atoms with Crippen LogP contribution in [0.1, 0.15) is 28.4 Å². The van der Waals surface area contributed by atoms with Gasteiger partial charge in [-0.15, -0.1) is 0 Å². The van der Waals surface area contributed by atoms with Crippen molar-refractivity contribution < 1.29 is 4.79 Å². The van der Waals surface area contributed by atoms with Gasteiger partial charge in [-0.3, -0.25) is 4.79 Å². The lowest BCUT2D eigenvalue weighted by molar-refractivity contribution is 0.0951. The van der Waals surface area contributed by atoms with Crippen LogP contribution in [0.4, 0.5) is 5.82 Å². The number of amides is 1. The molecular formula is C14H16ClN3OS. The molecule has 106 valence electrons. The highest BCUT2D eigenvalue weighted by atomic mass is 35.5. The third kappa shape index (κ3) is 3.71. The van der Waals surface area contributed by atoms with Gasteiger partial charge in [-0.25, -0.2) is 4.98 Å². The van der Waals surface area contributed by atoms with E-state index in [9.17, 15) is 4.79 Å². The average Bonchev–Trinajstić information content (AvgIpc) is 2.81. The van der Waals surface area contributed by atoms with Crippen LogP contribution in [0.25, 0.3) is 0 Å². The Bertz CT molecular complexity index is 612. The summed E-state index contributed by atoms with van der Waals surface area (Å²) in [5.74, 6) is 0.455. The first-order chi connectivity index (χ1) is 9.60. The highest BCUT2D eigenvalue weighted by Crippen LogP contribution is 2.16. The van der Waals surface area contributed by atoms with E-state index >= 15 is 0 Å². The summed E-state index contributed by atoms with van der Waals surface area (Å²) >= 11 is 7.56. The maximum Gasteiger partial charge on any atom is 0.251 e. The van der Waals surface area contributed by atoms with E-state index < -0.39 is 0 Å². The maximum atomic E-state index is 12.1. The Balaban J connectivity index is 2.07. The number of anilines is 1. The zero-order valence-electron chi connectivity index (χ0n) is 11.4. The Kier molecular flexibility index (Phi) is 4.98. The van der Waals surface area contributed by atoms with Crippen molar-refractivity contribution >= 4 is 34.7 Å². The van der Waals surface area contributed by atoms with Gasteiger partial charge in [0.15, 0.2) is 0 Å². The van der Waals surface area contributed by atoms with E-state index in [1.807, 2.05) is 19.2 Å². The first-order valence-electron chi connectivity index (χ1n) is 6.31. The average molecular weight is 310 g/mol. The molecule has 2 aromatic heterocycles. The lowest BCUT2D eigenvalue weighted by Gasteiger charge is -2.08. The van der Waals surface area contributed by atoms with Crippen LogP contribution in [0.5, 0.6) is 0 Å². The molecule has 0 radical (unpaired) electrons. The lowest BCUT2D eigenvalue weighted by Crippen LogP contribution is -2.23. The van der Waals surface area contributed by atoms with Crippen LogP contribution in [-0.2, 0) is 6.54 Å². The molecular weight excluding hydrogens is 294 g/mol. The van der Waals surface area contributed by atoms with Crippen molar-refractivity contribution in [3.05, 3.63) is 44.7 Å². The number of halogens is 1. The predicted molar refractivity (Wildman–Crippen MR) is 83.6 cm³/mol. The molecule has 4 nitrogen and oxygen atoms in total. The molecule has 2 N–H and O–H groups in total. The van der Waals surface area contributed by atoms with Gasteiger partial charge < -0.3 is 10.6 Å². The fraction of sp³-hybridized carbons (Fsp3) is 0.286. The van der Waals surface area contributed by atoms with Crippen molar-refractivity contribution in [3.8, 4) is 0 Å². The molecule has 2 heterocycles. The Morgan fingerprint density at radius 3 is 2.85 bits per heavy atom. The smallest absolute Gasteiger partial charge is 0.251 e. The molecule has 0 aliphatic heterocycles. The largest absolute Gasteiger partial charge is 0.370 e. The summed E-state index contributed by atoms with van der Waals surface area (Å²) in [4.78, 5) is 16.2. The van der Waals surface area contributed by atoms with Crippen LogP contribution in [0, 0.1) is 6.92 Å². The van der Waals surface area contributed by atoms with Gasteiger partial charge >= 0.3 is 0 Å². The van der Waals surface area contributed by atoms with E-state index in [0.717, 1.165) is 12.1 Å². The molecule has 0 bridgehead atoms. The van der Waals surface area contributed by atoms with Crippen LogP contribution >= 0.6 is 22.9 Å². The summed E-state index contributed by atoms with van der Waals surface area (Å²) < 4.78 is 0. The molecule has 2 rings (SSSR count). The molecule has 2 aromatic rings. The molecule has 1 amide bonds. The van der Waals surface area contributed by atoms with Gasteiger partial charge in [-0.05, 0) is 47.9 Å². The number of nitrogens with one attached hydrogen (secondary N) is 2. The van der Waals surface area contributed by atoms with Crippen molar-refractivity contribution in [1.82, 2.24) is 10.3 Å². The molecule has 0 fully saturated rings. The van der Waals surface area contributed by atoms with Gasteiger partial charge in [0.1, 0.15) is 11.0 Å². The molecule has 0 unspecified atom stereocenters. The fourth-order valence-electron chi connectivity index (χ4n) is 1.75. The van der Waals surface area contributed by atoms with Gasteiger partial charge in [0, 0.05) is 18.7 Å². The second-order valence-electron chi connectivity index (χ2n) is 4.36. The van der Waals surface area contributed by atoms with Gasteiger partial charge in [0.25, 0.3) is 5.91 Å². The van der Waals surface area contributed by atoms with E-state index in [4.69, 9.17) is 11.6 Å². The number of pyridine rings is 1. The number of thiophene rings is 1. The van der Waals surface area contributed by atoms with Gasteiger partial charge in [0.05, 0.1) is 0 Å². The number of carbonyl (C=O) groups is 1. The number of rotatable bonds is 5. The van der Waals surface area contributed by atoms with Crippen LogP contribution in [0.15, 0.2) is 22.9 Å². The third-order valence-corrected chi connectivity index (χ3v) is 3.92. The molecule has 0 aromatic carbocycles. The lowest BCUT2D eigenvalue weighted by atomic mass is 10.2. The number of aryl methyl sites for hydroxylation is 1. The fourth-order valence-corrected chi connectivity index (χ4v) is 2.81. The van der Waals surface area contributed by atoms with Gasteiger partial charge in [-0.1, -0.05) is 11.6 Å². The Morgan fingerprint density at radius 1 is 1.40 bits per heavy atom. The summed E-state index contributed by atoms with van der Waals surface area (Å²) in [6.07, 6.45) is 0. The number of aromatic nitrogens is 1. The molecule has 0 saturated carbocycles. The number of hydrogen-bond acceptors (Lipinski definition) is 4. The Labute approximate surface area is 127 Å². The van der Waals surface area contributed by atoms with E-state index in [2.05, 4.69) is 21.0 Å². The van der Waals surface area contributed by atoms with Crippen molar-refractivity contribution in [2.75, 3.05) is 11.9 Å². The van der Waals surface area contributed by atoms with Crippen molar-refractivity contribution in [1.29, 1.82) is 0 Å². The SMILES string of the molecule is CCNc1cc(C(=O)NCc2cscc2C)cc(Cl)n1. The highest BCUT2D eigenvalue weighted by molar-refractivity contribution is 7.08. The van der Waals surface area contributed by atoms with Crippen LogP contribution in [0.2, 0.25) is 5.15 Å². The summed E-state index contributed by atoms with van der Waals surface area (Å²) in [6, 6.07) is 3.27. The maximum absolute atomic E-state index is 12.1. The summed E-state index contributed by atoms with van der Waals surface area (Å²) in [6.45, 7) is 5.24. The number of hydrogen-bond donors (Lipinski definition) is 2. The first-order valence-corrected chi connectivity index (χ1v) is 7.63. The molecule has 0 saturated heterocycles. The van der Waals surface area contributed by atoms with E-state index in [1.165, 1.54) is 5.56 Å². The number of carbonyl (C=O) groups excluding carboxylic acids is 1. The van der Waals surface area contributed by atoms with Crippen molar-refractivity contribution in [2.45, 2.75) is 20.4 Å². The third-order valence-electron chi connectivity index (χ3n) is 2.82. The second kappa shape index (κ2) is 6.72. The van der Waals surface area contributed by atoms with E-state index in [-0.39, 0.29) is 5.91 Å². The minimum atomic E-state index is -0.154. The number of nitrogens with zero attached hydrogens (tertiary/aromatic N) is 1. The summed E-state index contributed by atoms with van der Waals surface area (Å²) in [7, 11) is 0. The second-order valence-corrected chi connectivity index (χ2v) is 5.49. The van der Waals surface area contributed by atoms with Crippen LogP contribution < -0.4 is 10.6 Å². The Morgan fingerprint density at radius 2 is 2.20 bits per heavy atom. The van der Waals surface area contributed by atoms with E-state index in [1.54, 1.807) is 23.5 Å².